The van der Waals surface area contributed by atoms with Gasteiger partial charge in [0.2, 0.25) is 0 Å². The summed E-state index contributed by atoms with van der Waals surface area (Å²) in [7, 11) is 2.93. The van der Waals surface area contributed by atoms with Crippen LogP contribution in [0.4, 0.5) is 5.69 Å². The Bertz CT molecular complexity index is 375. The number of hydrogen-bond donors (Lipinski definition) is 1. The average Bonchev–Trinajstić information content (AvgIpc) is 2.27. The number of carbonyl (C=O) groups excluding carboxylic acids is 1. The number of anilines is 1. The Morgan fingerprint density at radius 1 is 1.31 bits per heavy atom. The zero-order valence-corrected chi connectivity index (χ0v) is 10.0. The van der Waals surface area contributed by atoms with E-state index in [1.165, 1.54) is 7.11 Å². The molecule has 0 spiro atoms. The van der Waals surface area contributed by atoms with Crippen LogP contribution >= 0.6 is 0 Å². The summed E-state index contributed by atoms with van der Waals surface area (Å²) in [5, 5.41) is 3.23. The van der Waals surface area contributed by atoms with Crippen molar-refractivity contribution in [2.75, 3.05) is 19.5 Å². The molecule has 0 saturated carbocycles. The van der Waals surface area contributed by atoms with E-state index in [-0.39, 0.29) is 5.97 Å². The lowest BCUT2D eigenvalue weighted by molar-refractivity contribution is 0.0600. The molecule has 0 unspecified atom stereocenters. The predicted molar refractivity (Wildman–Crippen MR) is 63.1 cm³/mol. The van der Waals surface area contributed by atoms with Crippen molar-refractivity contribution in [1.29, 1.82) is 0 Å². The van der Waals surface area contributed by atoms with Gasteiger partial charge < -0.3 is 14.8 Å². The molecular weight excluding hydrogens is 206 g/mol. The van der Waals surface area contributed by atoms with Crippen molar-refractivity contribution in [1.82, 2.24) is 0 Å². The smallest absolute Gasteiger partial charge is 0.337 e. The molecule has 0 atom stereocenters. The van der Waals surface area contributed by atoms with Crippen LogP contribution in [0, 0.1) is 0 Å². The number of hydrogen-bond acceptors (Lipinski definition) is 4. The molecule has 0 radical (unpaired) electrons. The summed E-state index contributed by atoms with van der Waals surface area (Å²) in [6.45, 7) is 4.07. The Kier molecular flexibility index (Phi) is 4.17. The van der Waals surface area contributed by atoms with E-state index in [0.29, 0.717) is 17.4 Å². The van der Waals surface area contributed by atoms with Gasteiger partial charge in [-0.15, -0.1) is 0 Å². The van der Waals surface area contributed by atoms with Crippen LogP contribution in [0.2, 0.25) is 0 Å². The quantitative estimate of drug-likeness (QED) is 0.796. The second-order valence-corrected chi connectivity index (χ2v) is 3.71. The van der Waals surface area contributed by atoms with Crippen molar-refractivity contribution < 1.29 is 14.3 Å². The normalized spacial score (nSPS) is 10.1. The van der Waals surface area contributed by atoms with Crippen LogP contribution in [0.15, 0.2) is 18.2 Å². The van der Waals surface area contributed by atoms with Crippen LogP contribution in [0.1, 0.15) is 24.2 Å². The van der Waals surface area contributed by atoms with Gasteiger partial charge in [0.1, 0.15) is 5.75 Å². The highest BCUT2D eigenvalue weighted by atomic mass is 16.5. The first-order valence-corrected chi connectivity index (χ1v) is 5.11. The lowest BCUT2D eigenvalue weighted by atomic mass is 10.2. The van der Waals surface area contributed by atoms with E-state index in [2.05, 4.69) is 10.1 Å². The number of benzene rings is 1. The van der Waals surface area contributed by atoms with Crippen LogP contribution < -0.4 is 10.1 Å². The lowest BCUT2D eigenvalue weighted by Gasteiger charge is -2.14. The molecule has 1 aromatic carbocycles. The molecule has 0 aliphatic carbocycles. The fraction of sp³-hybridized carbons (Fsp3) is 0.417. The van der Waals surface area contributed by atoms with Crippen molar-refractivity contribution >= 4 is 11.7 Å². The highest BCUT2D eigenvalue weighted by Gasteiger charge is 2.10. The number of carbonyl (C=O) groups is 1. The molecule has 4 nitrogen and oxygen atoms in total. The van der Waals surface area contributed by atoms with E-state index in [1.54, 1.807) is 19.2 Å². The first-order chi connectivity index (χ1) is 7.58. The summed E-state index contributed by atoms with van der Waals surface area (Å²) < 4.78 is 9.85. The van der Waals surface area contributed by atoms with Crippen LogP contribution in [-0.2, 0) is 4.74 Å². The van der Waals surface area contributed by atoms with E-state index in [4.69, 9.17) is 4.74 Å². The third-order valence-electron chi connectivity index (χ3n) is 2.07. The zero-order valence-electron chi connectivity index (χ0n) is 10.0. The van der Waals surface area contributed by atoms with Gasteiger partial charge in [-0.1, -0.05) is 0 Å². The molecule has 0 bridgehead atoms. The second kappa shape index (κ2) is 5.39. The van der Waals surface area contributed by atoms with Crippen molar-refractivity contribution in [3.63, 3.8) is 0 Å². The molecule has 16 heavy (non-hydrogen) atoms. The topological polar surface area (TPSA) is 47.6 Å². The first kappa shape index (κ1) is 12.4. The molecule has 4 heteroatoms. The largest absolute Gasteiger partial charge is 0.495 e. The van der Waals surface area contributed by atoms with Gasteiger partial charge in [-0.3, -0.25) is 0 Å². The molecular formula is C12H17NO3. The van der Waals surface area contributed by atoms with Crippen LogP contribution in [0.5, 0.6) is 5.75 Å². The van der Waals surface area contributed by atoms with E-state index >= 15 is 0 Å². The SMILES string of the molecule is COC(=O)c1ccc(NC(C)C)c(OC)c1. The first-order valence-electron chi connectivity index (χ1n) is 5.11. The van der Waals surface area contributed by atoms with Gasteiger partial charge in [-0.05, 0) is 32.0 Å². The molecule has 0 fully saturated rings. The Balaban J connectivity index is 3.01. The third-order valence-corrected chi connectivity index (χ3v) is 2.07. The summed E-state index contributed by atoms with van der Waals surface area (Å²) in [5.41, 5.74) is 1.35. The number of rotatable bonds is 4. The zero-order chi connectivity index (χ0) is 12.1. The summed E-state index contributed by atoms with van der Waals surface area (Å²) in [6.07, 6.45) is 0. The van der Waals surface area contributed by atoms with Gasteiger partial charge in [0.05, 0.1) is 25.5 Å². The van der Waals surface area contributed by atoms with Crippen molar-refractivity contribution in [2.45, 2.75) is 19.9 Å². The Labute approximate surface area is 95.6 Å². The standard InChI is InChI=1S/C12H17NO3/c1-8(2)13-10-6-5-9(12(14)16-4)7-11(10)15-3/h5-8,13H,1-4H3. The van der Waals surface area contributed by atoms with E-state index in [1.807, 2.05) is 19.9 Å². The highest BCUT2D eigenvalue weighted by molar-refractivity contribution is 5.90. The van der Waals surface area contributed by atoms with Gasteiger partial charge in [0.25, 0.3) is 0 Å². The lowest BCUT2D eigenvalue weighted by Crippen LogP contribution is -2.11. The van der Waals surface area contributed by atoms with Crippen LogP contribution in [0.3, 0.4) is 0 Å². The monoisotopic (exact) mass is 223 g/mol. The minimum Gasteiger partial charge on any atom is -0.495 e. The maximum atomic E-state index is 11.3. The van der Waals surface area contributed by atoms with E-state index in [0.717, 1.165) is 5.69 Å². The van der Waals surface area contributed by atoms with Crippen LogP contribution in [-0.4, -0.2) is 26.2 Å². The highest BCUT2D eigenvalue weighted by Crippen LogP contribution is 2.26. The molecule has 0 aromatic heterocycles. The van der Waals surface area contributed by atoms with Crippen molar-refractivity contribution in [2.24, 2.45) is 0 Å². The average molecular weight is 223 g/mol. The van der Waals surface area contributed by atoms with E-state index in [9.17, 15) is 4.79 Å². The summed E-state index contributed by atoms with van der Waals surface area (Å²) in [5.74, 6) is 0.269. The Morgan fingerprint density at radius 3 is 2.50 bits per heavy atom. The van der Waals surface area contributed by atoms with Gasteiger partial charge in [-0.25, -0.2) is 4.79 Å². The minimum absolute atomic E-state index is 0.304. The molecule has 0 aliphatic rings. The van der Waals surface area contributed by atoms with Gasteiger partial charge in [0, 0.05) is 6.04 Å². The number of ether oxygens (including phenoxy) is 2. The number of nitrogens with one attached hydrogen (secondary N) is 1. The summed E-state index contributed by atoms with van der Waals surface area (Å²) in [4.78, 5) is 11.3. The van der Waals surface area contributed by atoms with Crippen molar-refractivity contribution in [3.8, 4) is 5.75 Å². The molecule has 0 amide bonds. The molecule has 0 saturated heterocycles. The van der Waals surface area contributed by atoms with Gasteiger partial charge in [0.15, 0.2) is 0 Å². The van der Waals surface area contributed by atoms with Gasteiger partial charge in [-0.2, -0.15) is 0 Å². The van der Waals surface area contributed by atoms with Gasteiger partial charge >= 0.3 is 5.97 Å². The molecule has 1 rings (SSSR count). The molecule has 1 N–H and O–H groups in total. The maximum Gasteiger partial charge on any atom is 0.337 e. The Morgan fingerprint density at radius 2 is 2.00 bits per heavy atom. The number of esters is 1. The molecule has 88 valence electrons. The fourth-order valence-electron chi connectivity index (χ4n) is 1.37. The van der Waals surface area contributed by atoms with E-state index < -0.39 is 0 Å². The molecule has 1 aromatic rings. The van der Waals surface area contributed by atoms with Crippen LogP contribution in [0.25, 0.3) is 0 Å². The summed E-state index contributed by atoms with van der Waals surface area (Å²) in [6, 6.07) is 5.48. The number of methoxy groups -OCH3 is 2. The van der Waals surface area contributed by atoms with Crippen molar-refractivity contribution in [3.05, 3.63) is 23.8 Å². The molecule has 0 heterocycles. The maximum absolute atomic E-state index is 11.3. The Hall–Kier alpha value is -1.71. The third kappa shape index (κ3) is 2.89. The minimum atomic E-state index is -0.366. The fourth-order valence-corrected chi connectivity index (χ4v) is 1.37. The molecule has 0 aliphatic heterocycles. The second-order valence-electron chi connectivity index (χ2n) is 3.71. The predicted octanol–water partition coefficient (Wildman–Crippen LogP) is 2.30. The summed E-state index contributed by atoms with van der Waals surface area (Å²) >= 11 is 0.